The standard InChI is InChI=1S/C14H16FN5/c15-10-3-1-2-4-12(10)19-14-18-11-6-8-17-7-5-9(11)13(16)20-14/h1-4,17H,5-8H2,(H3,16,18,19,20). The third kappa shape index (κ3) is 2.55. The summed E-state index contributed by atoms with van der Waals surface area (Å²) < 4.78 is 13.6. The SMILES string of the molecule is Nc1nc(Nc2ccccc2F)nc2c1CCNCC2. The van der Waals surface area contributed by atoms with Crippen LogP contribution in [0, 0.1) is 5.82 Å². The number of nitrogens with zero attached hydrogens (tertiary/aromatic N) is 2. The molecule has 0 radical (unpaired) electrons. The van der Waals surface area contributed by atoms with Crippen LogP contribution in [0.25, 0.3) is 0 Å². The molecular formula is C14H16FN5. The van der Waals surface area contributed by atoms with E-state index in [9.17, 15) is 4.39 Å². The van der Waals surface area contributed by atoms with E-state index in [0.29, 0.717) is 17.5 Å². The Hall–Kier alpha value is -2.21. The van der Waals surface area contributed by atoms with Crippen molar-refractivity contribution in [2.45, 2.75) is 12.8 Å². The fourth-order valence-electron chi connectivity index (χ4n) is 2.31. The number of benzene rings is 1. The van der Waals surface area contributed by atoms with Gasteiger partial charge in [-0.2, -0.15) is 4.98 Å². The zero-order valence-corrected chi connectivity index (χ0v) is 11.0. The topological polar surface area (TPSA) is 75.9 Å². The number of nitrogens with one attached hydrogen (secondary N) is 2. The number of para-hydroxylation sites is 1. The zero-order valence-electron chi connectivity index (χ0n) is 11.0. The van der Waals surface area contributed by atoms with E-state index >= 15 is 0 Å². The molecular weight excluding hydrogens is 257 g/mol. The molecule has 6 heteroatoms. The lowest BCUT2D eigenvalue weighted by molar-refractivity contribution is 0.631. The minimum atomic E-state index is -0.341. The lowest BCUT2D eigenvalue weighted by atomic mass is 10.1. The second kappa shape index (κ2) is 5.42. The molecule has 0 bridgehead atoms. The lowest BCUT2D eigenvalue weighted by Crippen LogP contribution is -2.16. The Balaban J connectivity index is 1.93. The molecule has 0 spiro atoms. The molecule has 0 unspecified atom stereocenters. The Morgan fingerprint density at radius 3 is 2.80 bits per heavy atom. The van der Waals surface area contributed by atoms with E-state index in [2.05, 4.69) is 20.6 Å². The van der Waals surface area contributed by atoms with Crippen LogP contribution in [-0.2, 0) is 12.8 Å². The fourth-order valence-corrected chi connectivity index (χ4v) is 2.31. The van der Waals surface area contributed by atoms with Gasteiger partial charge in [-0.05, 0) is 25.1 Å². The summed E-state index contributed by atoms with van der Waals surface area (Å²) in [5.74, 6) is 0.470. The third-order valence-electron chi connectivity index (χ3n) is 3.34. The Morgan fingerprint density at radius 2 is 1.95 bits per heavy atom. The monoisotopic (exact) mass is 273 g/mol. The Bertz CT molecular complexity index is 629. The number of hydrogen-bond donors (Lipinski definition) is 3. The summed E-state index contributed by atoms with van der Waals surface area (Å²) in [5.41, 5.74) is 8.26. The van der Waals surface area contributed by atoms with Crippen LogP contribution in [0.5, 0.6) is 0 Å². The fraction of sp³-hybridized carbons (Fsp3) is 0.286. The second-order valence-electron chi connectivity index (χ2n) is 4.71. The highest BCUT2D eigenvalue weighted by Gasteiger charge is 2.15. The summed E-state index contributed by atoms with van der Waals surface area (Å²) in [5, 5.41) is 6.18. The van der Waals surface area contributed by atoms with Gasteiger partial charge in [0.15, 0.2) is 0 Å². The average Bonchev–Trinajstić information content (AvgIpc) is 2.67. The number of aromatic nitrogens is 2. The molecule has 4 N–H and O–H groups in total. The van der Waals surface area contributed by atoms with Gasteiger partial charge < -0.3 is 16.4 Å². The normalized spacial score (nSPS) is 14.4. The molecule has 3 rings (SSSR count). The van der Waals surface area contributed by atoms with Crippen molar-refractivity contribution >= 4 is 17.5 Å². The Labute approximate surface area is 116 Å². The van der Waals surface area contributed by atoms with Gasteiger partial charge in [0.2, 0.25) is 5.95 Å². The van der Waals surface area contributed by atoms with Crippen molar-refractivity contribution in [1.29, 1.82) is 0 Å². The van der Waals surface area contributed by atoms with E-state index in [1.54, 1.807) is 18.2 Å². The van der Waals surface area contributed by atoms with Crippen LogP contribution in [0.2, 0.25) is 0 Å². The van der Waals surface area contributed by atoms with E-state index in [1.807, 2.05) is 0 Å². The second-order valence-corrected chi connectivity index (χ2v) is 4.71. The van der Waals surface area contributed by atoms with Crippen molar-refractivity contribution in [3.63, 3.8) is 0 Å². The van der Waals surface area contributed by atoms with Gasteiger partial charge in [0.25, 0.3) is 0 Å². The molecule has 2 heterocycles. The number of anilines is 3. The molecule has 1 aromatic heterocycles. The van der Waals surface area contributed by atoms with Gasteiger partial charge in [-0.25, -0.2) is 9.37 Å². The van der Waals surface area contributed by atoms with Crippen LogP contribution in [0.1, 0.15) is 11.3 Å². The smallest absolute Gasteiger partial charge is 0.229 e. The van der Waals surface area contributed by atoms with Crippen LogP contribution >= 0.6 is 0 Å². The summed E-state index contributed by atoms with van der Waals surface area (Å²) in [7, 11) is 0. The van der Waals surface area contributed by atoms with Crippen molar-refractivity contribution in [2.24, 2.45) is 0 Å². The molecule has 0 aliphatic carbocycles. The first-order chi connectivity index (χ1) is 9.74. The number of nitrogen functional groups attached to an aromatic ring is 1. The minimum Gasteiger partial charge on any atom is -0.383 e. The molecule has 0 saturated heterocycles. The van der Waals surface area contributed by atoms with E-state index < -0.39 is 0 Å². The van der Waals surface area contributed by atoms with E-state index in [1.165, 1.54) is 6.07 Å². The first-order valence-corrected chi connectivity index (χ1v) is 6.61. The molecule has 104 valence electrons. The third-order valence-corrected chi connectivity index (χ3v) is 3.34. The van der Waals surface area contributed by atoms with Crippen molar-refractivity contribution in [3.05, 3.63) is 41.3 Å². The van der Waals surface area contributed by atoms with Gasteiger partial charge in [-0.15, -0.1) is 0 Å². The van der Waals surface area contributed by atoms with Crippen molar-refractivity contribution in [1.82, 2.24) is 15.3 Å². The number of hydrogen-bond acceptors (Lipinski definition) is 5. The number of rotatable bonds is 2. The highest BCUT2D eigenvalue weighted by atomic mass is 19.1. The largest absolute Gasteiger partial charge is 0.383 e. The molecule has 2 aromatic rings. The molecule has 20 heavy (non-hydrogen) atoms. The maximum atomic E-state index is 13.6. The highest BCUT2D eigenvalue weighted by Crippen LogP contribution is 2.22. The number of halogens is 1. The molecule has 0 amide bonds. The van der Waals surface area contributed by atoms with Crippen LogP contribution in [0.4, 0.5) is 21.8 Å². The van der Waals surface area contributed by atoms with Gasteiger partial charge in [0.05, 0.1) is 11.4 Å². The summed E-state index contributed by atoms with van der Waals surface area (Å²) in [6, 6.07) is 6.42. The van der Waals surface area contributed by atoms with Gasteiger partial charge in [-0.1, -0.05) is 12.1 Å². The number of nitrogens with two attached hydrogens (primary N) is 1. The first kappa shape index (κ1) is 12.8. The molecule has 0 fully saturated rings. The minimum absolute atomic E-state index is 0.341. The molecule has 1 aliphatic rings. The lowest BCUT2D eigenvalue weighted by Gasteiger charge is -2.11. The van der Waals surface area contributed by atoms with Crippen LogP contribution in [-0.4, -0.2) is 23.1 Å². The van der Waals surface area contributed by atoms with Gasteiger partial charge in [0.1, 0.15) is 11.6 Å². The summed E-state index contributed by atoms with van der Waals surface area (Å²) in [6.45, 7) is 1.74. The maximum absolute atomic E-state index is 13.6. The summed E-state index contributed by atoms with van der Waals surface area (Å²) >= 11 is 0. The first-order valence-electron chi connectivity index (χ1n) is 6.61. The molecule has 0 saturated carbocycles. The molecule has 1 aromatic carbocycles. The van der Waals surface area contributed by atoms with Crippen molar-refractivity contribution in [3.8, 4) is 0 Å². The molecule has 1 aliphatic heterocycles. The van der Waals surface area contributed by atoms with E-state index in [4.69, 9.17) is 5.73 Å². The van der Waals surface area contributed by atoms with Gasteiger partial charge in [-0.3, -0.25) is 0 Å². The molecule has 0 atom stereocenters. The van der Waals surface area contributed by atoms with Crippen LogP contribution in [0.3, 0.4) is 0 Å². The molecule has 5 nitrogen and oxygen atoms in total. The summed E-state index contributed by atoms with van der Waals surface area (Å²) in [4.78, 5) is 8.69. The number of fused-ring (bicyclic) bond motifs is 1. The quantitative estimate of drug-likeness (QED) is 0.775. The van der Waals surface area contributed by atoms with Crippen LogP contribution < -0.4 is 16.4 Å². The van der Waals surface area contributed by atoms with Crippen molar-refractivity contribution in [2.75, 3.05) is 24.1 Å². The van der Waals surface area contributed by atoms with Crippen LogP contribution in [0.15, 0.2) is 24.3 Å². The predicted molar refractivity (Wildman–Crippen MR) is 76.4 cm³/mol. The predicted octanol–water partition coefficient (Wildman–Crippen LogP) is 1.63. The van der Waals surface area contributed by atoms with Gasteiger partial charge in [0, 0.05) is 18.5 Å². The van der Waals surface area contributed by atoms with E-state index in [0.717, 1.165) is 37.2 Å². The van der Waals surface area contributed by atoms with E-state index in [-0.39, 0.29) is 5.82 Å². The Morgan fingerprint density at radius 1 is 1.15 bits per heavy atom. The summed E-state index contributed by atoms with van der Waals surface area (Å²) in [6.07, 6.45) is 1.62. The average molecular weight is 273 g/mol. The Kier molecular flexibility index (Phi) is 3.47. The highest BCUT2D eigenvalue weighted by molar-refractivity contribution is 5.57. The zero-order chi connectivity index (χ0) is 13.9. The van der Waals surface area contributed by atoms with Crippen molar-refractivity contribution < 1.29 is 4.39 Å². The van der Waals surface area contributed by atoms with Gasteiger partial charge >= 0.3 is 0 Å². The maximum Gasteiger partial charge on any atom is 0.229 e.